The van der Waals surface area contributed by atoms with Crippen molar-refractivity contribution >= 4 is 32.2 Å². The SMILES string of the molecule is CCCCCNc1snc(N)c1S(=O)(=O)CCC. The minimum atomic E-state index is -3.31. The second-order valence-electron chi connectivity index (χ2n) is 4.18. The number of hydrogen-bond donors (Lipinski definition) is 2. The van der Waals surface area contributed by atoms with Gasteiger partial charge in [-0.25, -0.2) is 8.42 Å². The summed E-state index contributed by atoms with van der Waals surface area (Å²) in [6.07, 6.45) is 3.85. The van der Waals surface area contributed by atoms with Gasteiger partial charge in [-0.15, -0.1) is 0 Å². The van der Waals surface area contributed by atoms with Gasteiger partial charge >= 0.3 is 0 Å². The zero-order valence-corrected chi connectivity index (χ0v) is 12.5. The fourth-order valence-electron chi connectivity index (χ4n) is 1.65. The van der Waals surface area contributed by atoms with Crippen molar-refractivity contribution in [2.75, 3.05) is 23.3 Å². The largest absolute Gasteiger partial charge is 0.382 e. The Morgan fingerprint density at radius 2 is 2.00 bits per heavy atom. The molecule has 1 aromatic rings. The van der Waals surface area contributed by atoms with Crippen molar-refractivity contribution in [3.05, 3.63) is 0 Å². The Labute approximate surface area is 113 Å². The van der Waals surface area contributed by atoms with E-state index in [-0.39, 0.29) is 16.5 Å². The summed E-state index contributed by atoms with van der Waals surface area (Å²) in [5.74, 6) is 0.227. The molecule has 0 saturated carbocycles. The maximum absolute atomic E-state index is 12.1. The molecule has 0 bridgehead atoms. The lowest BCUT2D eigenvalue weighted by Gasteiger charge is -2.07. The molecule has 5 nitrogen and oxygen atoms in total. The Balaban J connectivity index is 2.82. The summed E-state index contributed by atoms with van der Waals surface area (Å²) >= 11 is 1.12. The quantitative estimate of drug-likeness (QED) is 0.719. The van der Waals surface area contributed by atoms with Crippen LogP contribution in [0.2, 0.25) is 0 Å². The van der Waals surface area contributed by atoms with Crippen LogP contribution in [0.15, 0.2) is 4.90 Å². The van der Waals surface area contributed by atoms with Crippen LogP contribution >= 0.6 is 11.5 Å². The highest BCUT2D eigenvalue weighted by atomic mass is 32.2. The van der Waals surface area contributed by atoms with Crippen molar-refractivity contribution in [3.63, 3.8) is 0 Å². The van der Waals surface area contributed by atoms with Crippen molar-refractivity contribution in [1.82, 2.24) is 4.37 Å². The summed E-state index contributed by atoms with van der Waals surface area (Å²) < 4.78 is 28.1. The summed E-state index contributed by atoms with van der Waals surface area (Å²) in [5.41, 5.74) is 5.67. The highest BCUT2D eigenvalue weighted by molar-refractivity contribution is 7.91. The van der Waals surface area contributed by atoms with Gasteiger partial charge in [0.2, 0.25) is 0 Å². The van der Waals surface area contributed by atoms with Gasteiger partial charge in [0.15, 0.2) is 15.7 Å². The standard InChI is InChI=1S/C11H21N3O2S2/c1-3-5-6-7-13-11-9(10(12)14-17-11)18(15,16)8-4-2/h13H,3-8H2,1-2H3,(H2,12,14). The molecule has 0 atom stereocenters. The number of nitrogen functional groups attached to an aromatic ring is 1. The molecular formula is C11H21N3O2S2. The van der Waals surface area contributed by atoms with Gasteiger partial charge in [0.1, 0.15) is 9.90 Å². The zero-order chi connectivity index (χ0) is 13.6. The lowest BCUT2D eigenvalue weighted by atomic mass is 10.2. The van der Waals surface area contributed by atoms with E-state index < -0.39 is 9.84 Å². The van der Waals surface area contributed by atoms with Crippen LogP contribution in [0.5, 0.6) is 0 Å². The van der Waals surface area contributed by atoms with Crippen LogP contribution in [0.3, 0.4) is 0 Å². The number of nitrogens with two attached hydrogens (primary N) is 1. The highest BCUT2D eigenvalue weighted by Crippen LogP contribution is 2.32. The van der Waals surface area contributed by atoms with Gasteiger partial charge < -0.3 is 11.1 Å². The molecular weight excluding hydrogens is 270 g/mol. The number of anilines is 2. The minimum Gasteiger partial charge on any atom is -0.382 e. The number of nitrogens with zero attached hydrogens (tertiary/aromatic N) is 1. The van der Waals surface area contributed by atoms with Crippen molar-refractivity contribution in [2.45, 2.75) is 44.4 Å². The van der Waals surface area contributed by atoms with E-state index in [4.69, 9.17) is 5.73 Å². The molecule has 18 heavy (non-hydrogen) atoms. The minimum absolute atomic E-state index is 0.110. The van der Waals surface area contributed by atoms with Crippen LogP contribution in [-0.4, -0.2) is 25.1 Å². The lowest BCUT2D eigenvalue weighted by Crippen LogP contribution is -2.11. The van der Waals surface area contributed by atoms with E-state index in [2.05, 4.69) is 16.6 Å². The first-order valence-corrected chi connectivity index (χ1v) is 8.67. The van der Waals surface area contributed by atoms with Gasteiger partial charge in [-0.3, -0.25) is 0 Å². The first-order chi connectivity index (χ1) is 8.53. The van der Waals surface area contributed by atoms with Crippen molar-refractivity contribution < 1.29 is 8.42 Å². The molecule has 0 amide bonds. The lowest BCUT2D eigenvalue weighted by molar-refractivity contribution is 0.595. The Kier molecular flexibility index (Phi) is 5.87. The Bertz CT molecular complexity index is 469. The van der Waals surface area contributed by atoms with E-state index in [1.807, 2.05) is 6.92 Å². The van der Waals surface area contributed by atoms with Crippen molar-refractivity contribution in [1.29, 1.82) is 0 Å². The molecule has 0 unspecified atom stereocenters. The van der Waals surface area contributed by atoms with Gasteiger partial charge in [-0.05, 0) is 24.4 Å². The Morgan fingerprint density at radius 3 is 2.61 bits per heavy atom. The van der Waals surface area contributed by atoms with E-state index >= 15 is 0 Å². The van der Waals surface area contributed by atoms with E-state index in [1.54, 1.807) is 0 Å². The number of rotatable bonds is 8. The third kappa shape index (κ3) is 3.84. The molecule has 0 aliphatic rings. The maximum atomic E-state index is 12.1. The van der Waals surface area contributed by atoms with Crippen LogP contribution in [0, 0.1) is 0 Å². The zero-order valence-electron chi connectivity index (χ0n) is 10.9. The Morgan fingerprint density at radius 1 is 1.28 bits per heavy atom. The second-order valence-corrected chi connectivity index (χ2v) is 7.00. The van der Waals surface area contributed by atoms with E-state index in [0.717, 1.165) is 37.3 Å². The molecule has 7 heteroatoms. The first-order valence-electron chi connectivity index (χ1n) is 6.24. The first kappa shape index (κ1) is 15.2. The van der Waals surface area contributed by atoms with Crippen LogP contribution in [0.1, 0.15) is 39.5 Å². The summed E-state index contributed by atoms with van der Waals surface area (Å²) in [6, 6.07) is 0. The molecule has 0 aliphatic carbocycles. The highest BCUT2D eigenvalue weighted by Gasteiger charge is 2.24. The van der Waals surface area contributed by atoms with E-state index in [0.29, 0.717) is 11.4 Å². The molecule has 0 fully saturated rings. The fraction of sp³-hybridized carbons (Fsp3) is 0.727. The van der Waals surface area contributed by atoms with Gasteiger partial charge in [0.05, 0.1) is 5.75 Å². The molecule has 0 saturated heterocycles. The molecule has 1 aromatic heterocycles. The summed E-state index contributed by atoms with van der Waals surface area (Å²) in [4.78, 5) is 0.186. The number of nitrogens with one attached hydrogen (secondary N) is 1. The van der Waals surface area contributed by atoms with Gasteiger partial charge in [0.25, 0.3) is 0 Å². The summed E-state index contributed by atoms with van der Waals surface area (Å²) in [6.45, 7) is 4.72. The maximum Gasteiger partial charge on any atom is 0.185 e. The smallest absolute Gasteiger partial charge is 0.185 e. The predicted molar refractivity (Wildman–Crippen MR) is 76.9 cm³/mol. The number of sulfone groups is 1. The van der Waals surface area contributed by atoms with Crippen LogP contribution in [0.25, 0.3) is 0 Å². The summed E-state index contributed by atoms with van der Waals surface area (Å²) in [5, 5.41) is 3.71. The molecule has 0 aromatic carbocycles. The molecule has 0 aliphatic heterocycles. The molecule has 3 N–H and O–H groups in total. The van der Waals surface area contributed by atoms with Crippen molar-refractivity contribution in [2.24, 2.45) is 0 Å². The van der Waals surface area contributed by atoms with Crippen molar-refractivity contribution in [3.8, 4) is 0 Å². The predicted octanol–water partition coefficient (Wildman–Crippen LogP) is 2.51. The molecule has 1 rings (SSSR count). The normalized spacial score (nSPS) is 11.7. The topological polar surface area (TPSA) is 85.1 Å². The molecule has 0 radical (unpaired) electrons. The summed E-state index contributed by atoms with van der Waals surface area (Å²) in [7, 11) is -3.31. The number of hydrogen-bond acceptors (Lipinski definition) is 6. The average Bonchev–Trinajstić information content (AvgIpc) is 2.67. The van der Waals surface area contributed by atoms with Gasteiger partial charge in [-0.2, -0.15) is 4.37 Å². The number of aromatic nitrogens is 1. The molecule has 0 spiro atoms. The van der Waals surface area contributed by atoms with E-state index in [1.165, 1.54) is 0 Å². The van der Waals surface area contributed by atoms with Crippen LogP contribution < -0.4 is 11.1 Å². The van der Waals surface area contributed by atoms with Gasteiger partial charge in [-0.1, -0.05) is 26.7 Å². The Hall–Kier alpha value is -0.820. The number of unbranched alkanes of at least 4 members (excludes halogenated alkanes) is 2. The molecule has 104 valence electrons. The fourth-order valence-corrected chi connectivity index (χ4v) is 4.30. The van der Waals surface area contributed by atoms with Crippen LogP contribution in [0.4, 0.5) is 10.8 Å². The average molecular weight is 291 g/mol. The van der Waals surface area contributed by atoms with Gasteiger partial charge in [0, 0.05) is 6.54 Å². The van der Waals surface area contributed by atoms with Crippen LogP contribution in [-0.2, 0) is 9.84 Å². The third-order valence-corrected chi connectivity index (χ3v) is 5.45. The monoisotopic (exact) mass is 291 g/mol. The second kappa shape index (κ2) is 6.94. The van der Waals surface area contributed by atoms with E-state index in [9.17, 15) is 8.42 Å². The third-order valence-electron chi connectivity index (χ3n) is 2.52. The molecule has 1 heterocycles.